The van der Waals surface area contributed by atoms with Gasteiger partial charge in [0.15, 0.2) is 0 Å². The van der Waals surface area contributed by atoms with Crippen LogP contribution in [0.2, 0.25) is 0 Å². The quantitative estimate of drug-likeness (QED) is 0.768. The van der Waals surface area contributed by atoms with Crippen LogP contribution < -0.4 is 10.6 Å². The lowest BCUT2D eigenvalue weighted by Crippen LogP contribution is -2.41. The van der Waals surface area contributed by atoms with Crippen LogP contribution >= 0.6 is 0 Å². The average Bonchev–Trinajstić information content (AvgIpc) is 2.62. The number of hydrogen-bond donors (Lipinski definition) is 2. The summed E-state index contributed by atoms with van der Waals surface area (Å²) in [6.45, 7) is 2.06. The van der Waals surface area contributed by atoms with Crippen LogP contribution in [0.4, 0.5) is 0 Å². The van der Waals surface area contributed by atoms with Crippen LogP contribution in [0.15, 0.2) is 0 Å². The van der Waals surface area contributed by atoms with Crippen LogP contribution in [0.25, 0.3) is 0 Å². The summed E-state index contributed by atoms with van der Waals surface area (Å²) in [6.07, 6.45) is 9.55. The third-order valence-electron chi connectivity index (χ3n) is 3.86. The van der Waals surface area contributed by atoms with Crippen LogP contribution in [0.1, 0.15) is 51.4 Å². The molecule has 0 aromatic carbocycles. The SMILES string of the molecule is O=C(CC1CCCC1)NC1CCCCNC1. The van der Waals surface area contributed by atoms with Gasteiger partial charge < -0.3 is 10.6 Å². The fourth-order valence-electron chi connectivity index (χ4n) is 2.91. The van der Waals surface area contributed by atoms with Crippen molar-refractivity contribution < 1.29 is 4.79 Å². The van der Waals surface area contributed by atoms with Crippen LogP contribution in [-0.4, -0.2) is 25.0 Å². The first-order valence-corrected chi connectivity index (χ1v) is 6.84. The van der Waals surface area contributed by atoms with E-state index in [1.54, 1.807) is 0 Å². The minimum absolute atomic E-state index is 0.278. The standard InChI is InChI=1S/C13H24N2O/c16-13(9-11-5-1-2-6-11)15-12-7-3-4-8-14-10-12/h11-12,14H,1-10H2,(H,15,16). The van der Waals surface area contributed by atoms with E-state index < -0.39 is 0 Å². The molecule has 2 N–H and O–H groups in total. The van der Waals surface area contributed by atoms with Crippen molar-refractivity contribution in [3.8, 4) is 0 Å². The van der Waals surface area contributed by atoms with Crippen molar-refractivity contribution in [1.29, 1.82) is 0 Å². The lowest BCUT2D eigenvalue weighted by Gasteiger charge is -2.17. The molecule has 1 amide bonds. The van der Waals surface area contributed by atoms with Crippen molar-refractivity contribution in [3.05, 3.63) is 0 Å². The number of carbonyl (C=O) groups is 1. The van der Waals surface area contributed by atoms with Crippen LogP contribution in [0, 0.1) is 5.92 Å². The number of amides is 1. The highest BCUT2D eigenvalue weighted by Gasteiger charge is 2.20. The molecule has 1 aliphatic heterocycles. The highest BCUT2D eigenvalue weighted by Crippen LogP contribution is 2.27. The molecule has 2 rings (SSSR count). The van der Waals surface area contributed by atoms with E-state index in [9.17, 15) is 4.79 Å². The summed E-state index contributed by atoms with van der Waals surface area (Å²) >= 11 is 0. The summed E-state index contributed by atoms with van der Waals surface area (Å²) in [7, 11) is 0. The van der Waals surface area contributed by atoms with Crippen LogP contribution in [-0.2, 0) is 4.79 Å². The van der Waals surface area contributed by atoms with Gasteiger partial charge in [-0.2, -0.15) is 0 Å². The molecule has 1 heterocycles. The third kappa shape index (κ3) is 3.78. The Balaban J connectivity index is 1.68. The molecule has 0 spiro atoms. The largest absolute Gasteiger partial charge is 0.352 e. The van der Waals surface area contributed by atoms with E-state index in [-0.39, 0.29) is 5.91 Å². The second kappa shape index (κ2) is 6.24. The van der Waals surface area contributed by atoms with Gasteiger partial charge in [0.25, 0.3) is 0 Å². The van der Waals surface area contributed by atoms with Gasteiger partial charge in [-0.05, 0) is 38.1 Å². The van der Waals surface area contributed by atoms with Crippen molar-refractivity contribution in [2.24, 2.45) is 5.92 Å². The van der Waals surface area contributed by atoms with E-state index in [1.165, 1.54) is 38.5 Å². The molecule has 1 saturated heterocycles. The third-order valence-corrected chi connectivity index (χ3v) is 3.86. The van der Waals surface area contributed by atoms with Gasteiger partial charge in [0.1, 0.15) is 0 Å². The molecule has 1 atom stereocenters. The van der Waals surface area contributed by atoms with Crippen molar-refractivity contribution in [1.82, 2.24) is 10.6 Å². The topological polar surface area (TPSA) is 41.1 Å². The van der Waals surface area contributed by atoms with Gasteiger partial charge in [0, 0.05) is 19.0 Å². The van der Waals surface area contributed by atoms with Gasteiger partial charge in [-0.1, -0.05) is 19.3 Å². The summed E-state index contributed by atoms with van der Waals surface area (Å²) in [5, 5.41) is 6.57. The average molecular weight is 224 g/mol. The Morgan fingerprint density at radius 3 is 2.69 bits per heavy atom. The molecular formula is C13H24N2O. The fraction of sp³-hybridized carbons (Fsp3) is 0.923. The van der Waals surface area contributed by atoms with E-state index in [1.807, 2.05) is 0 Å². The summed E-state index contributed by atoms with van der Waals surface area (Å²) in [6, 6.07) is 0.372. The predicted molar refractivity (Wildman–Crippen MR) is 65.2 cm³/mol. The van der Waals surface area contributed by atoms with E-state index in [0.29, 0.717) is 12.0 Å². The fourth-order valence-corrected chi connectivity index (χ4v) is 2.91. The molecule has 2 aliphatic rings. The van der Waals surface area contributed by atoms with Crippen molar-refractivity contribution in [2.45, 2.75) is 57.4 Å². The molecule has 3 heteroatoms. The number of carbonyl (C=O) groups excluding carboxylic acids is 1. The van der Waals surface area contributed by atoms with Gasteiger partial charge in [0.05, 0.1) is 0 Å². The Morgan fingerprint density at radius 1 is 1.12 bits per heavy atom. The van der Waals surface area contributed by atoms with Gasteiger partial charge in [-0.25, -0.2) is 0 Å². The second-order valence-electron chi connectivity index (χ2n) is 5.32. The molecule has 1 aliphatic carbocycles. The minimum atomic E-state index is 0.278. The van der Waals surface area contributed by atoms with E-state index in [2.05, 4.69) is 10.6 Å². The van der Waals surface area contributed by atoms with Crippen molar-refractivity contribution in [3.63, 3.8) is 0 Å². The Labute approximate surface area is 98.4 Å². The minimum Gasteiger partial charge on any atom is -0.352 e. The molecule has 1 unspecified atom stereocenters. The zero-order valence-corrected chi connectivity index (χ0v) is 10.1. The molecular weight excluding hydrogens is 200 g/mol. The van der Waals surface area contributed by atoms with Gasteiger partial charge >= 0.3 is 0 Å². The maximum atomic E-state index is 11.8. The first-order valence-electron chi connectivity index (χ1n) is 6.84. The van der Waals surface area contributed by atoms with Crippen LogP contribution in [0.3, 0.4) is 0 Å². The Kier molecular flexibility index (Phi) is 4.64. The molecule has 0 bridgehead atoms. The summed E-state index contributed by atoms with van der Waals surface area (Å²) in [5.74, 6) is 0.944. The molecule has 2 fully saturated rings. The van der Waals surface area contributed by atoms with E-state index >= 15 is 0 Å². The summed E-state index contributed by atoms with van der Waals surface area (Å²) in [5.41, 5.74) is 0. The normalized spacial score (nSPS) is 27.6. The molecule has 0 aromatic rings. The van der Waals surface area contributed by atoms with Gasteiger partial charge in [0.2, 0.25) is 5.91 Å². The summed E-state index contributed by atoms with van der Waals surface area (Å²) in [4.78, 5) is 11.8. The first-order chi connectivity index (χ1) is 7.84. The monoisotopic (exact) mass is 224 g/mol. The van der Waals surface area contributed by atoms with Gasteiger partial charge in [-0.15, -0.1) is 0 Å². The molecule has 3 nitrogen and oxygen atoms in total. The van der Waals surface area contributed by atoms with Crippen LogP contribution in [0.5, 0.6) is 0 Å². The molecule has 1 saturated carbocycles. The Hall–Kier alpha value is -0.570. The zero-order valence-electron chi connectivity index (χ0n) is 10.1. The summed E-state index contributed by atoms with van der Waals surface area (Å²) < 4.78 is 0. The smallest absolute Gasteiger partial charge is 0.220 e. The molecule has 16 heavy (non-hydrogen) atoms. The zero-order chi connectivity index (χ0) is 11.2. The highest BCUT2D eigenvalue weighted by molar-refractivity contribution is 5.76. The van der Waals surface area contributed by atoms with Crippen molar-refractivity contribution in [2.75, 3.05) is 13.1 Å². The number of rotatable bonds is 3. The highest BCUT2D eigenvalue weighted by atomic mass is 16.1. The van der Waals surface area contributed by atoms with E-state index in [4.69, 9.17) is 0 Å². The molecule has 0 aromatic heterocycles. The molecule has 92 valence electrons. The number of nitrogens with one attached hydrogen (secondary N) is 2. The maximum Gasteiger partial charge on any atom is 0.220 e. The van der Waals surface area contributed by atoms with E-state index in [0.717, 1.165) is 25.9 Å². The predicted octanol–water partition coefficient (Wildman–Crippen LogP) is 1.82. The maximum absolute atomic E-state index is 11.8. The Bertz CT molecular complexity index is 216. The number of hydrogen-bond acceptors (Lipinski definition) is 2. The lowest BCUT2D eigenvalue weighted by molar-refractivity contribution is -0.122. The second-order valence-corrected chi connectivity index (χ2v) is 5.32. The van der Waals surface area contributed by atoms with Gasteiger partial charge in [-0.3, -0.25) is 4.79 Å². The molecule has 0 radical (unpaired) electrons. The van der Waals surface area contributed by atoms with Crippen molar-refractivity contribution >= 4 is 5.91 Å². The lowest BCUT2D eigenvalue weighted by atomic mass is 10.0. The Morgan fingerprint density at radius 2 is 1.88 bits per heavy atom. The first kappa shape index (κ1) is 11.9.